The number of amides is 2. The summed E-state index contributed by atoms with van der Waals surface area (Å²) in [7, 11) is 0. The van der Waals surface area contributed by atoms with Crippen LogP contribution in [0.4, 0.5) is 0 Å². The molecule has 4 nitrogen and oxygen atoms in total. The summed E-state index contributed by atoms with van der Waals surface area (Å²) in [4.78, 5) is 28.5. The summed E-state index contributed by atoms with van der Waals surface area (Å²) in [6, 6.07) is 22.2. The van der Waals surface area contributed by atoms with E-state index in [9.17, 15) is 9.59 Å². The van der Waals surface area contributed by atoms with Crippen LogP contribution < -0.4 is 5.32 Å². The van der Waals surface area contributed by atoms with Gasteiger partial charge in [-0.2, -0.15) is 0 Å². The Kier molecular flexibility index (Phi) is 8.65. The summed E-state index contributed by atoms with van der Waals surface area (Å²) in [6.45, 7) is 8.51. The standard InChI is InChI=1S/C29H36N2O2/c1-5-22(4)30-29(33)27(6-2)31(20-25-14-8-7-12-21(25)3)28(32)19-18-24-16-11-15-23-13-9-10-17-26(23)24/h7-17,22,27H,5-6,18-20H2,1-4H3,(H,30,33). The van der Waals surface area contributed by atoms with E-state index in [4.69, 9.17) is 0 Å². The third-order valence-corrected chi connectivity index (χ3v) is 6.48. The molecule has 0 fully saturated rings. The Labute approximate surface area is 198 Å². The van der Waals surface area contributed by atoms with Gasteiger partial charge < -0.3 is 10.2 Å². The van der Waals surface area contributed by atoms with Crippen molar-refractivity contribution in [3.63, 3.8) is 0 Å². The van der Waals surface area contributed by atoms with Crippen molar-refractivity contribution in [2.75, 3.05) is 0 Å². The highest BCUT2D eigenvalue weighted by Gasteiger charge is 2.29. The predicted molar refractivity (Wildman–Crippen MR) is 136 cm³/mol. The van der Waals surface area contributed by atoms with E-state index in [1.54, 1.807) is 4.90 Å². The molecule has 2 amide bonds. The van der Waals surface area contributed by atoms with E-state index < -0.39 is 6.04 Å². The Bertz CT molecular complexity index is 1090. The first-order chi connectivity index (χ1) is 15.9. The zero-order valence-electron chi connectivity index (χ0n) is 20.3. The quantitative estimate of drug-likeness (QED) is 0.429. The van der Waals surface area contributed by atoms with Crippen LogP contribution in [-0.4, -0.2) is 28.8 Å². The van der Waals surface area contributed by atoms with Crippen LogP contribution in [-0.2, 0) is 22.6 Å². The molecule has 3 aromatic carbocycles. The lowest BCUT2D eigenvalue weighted by Crippen LogP contribution is -2.50. The van der Waals surface area contributed by atoms with Crippen LogP contribution in [0.1, 0.15) is 56.7 Å². The summed E-state index contributed by atoms with van der Waals surface area (Å²) in [5.41, 5.74) is 3.36. The van der Waals surface area contributed by atoms with Crippen LogP contribution in [0.2, 0.25) is 0 Å². The smallest absolute Gasteiger partial charge is 0.243 e. The van der Waals surface area contributed by atoms with E-state index in [2.05, 4.69) is 29.6 Å². The molecule has 0 aromatic heterocycles. The van der Waals surface area contributed by atoms with Crippen molar-refractivity contribution in [2.24, 2.45) is 0 Å². The number of hydrogen-bond donors (Lipinski definition) is 1. The molecule has 3 rings (SSSR count). The molecule has 0 saturated heterocycles. The van der Waals surface area contributed by atoms with Crippen LogP contribution in [0.25, 0.3) is 10.8 Å². The predicted octanol–water partition coefficient (Wildman–Crippen LogP) is 5.80. The van der Waals surface area contributed by atoms with Crippen LogP contribution in [0.15, 0.2) is 66.7 Å². The molecule has 0 radical (unpaired) electrons. The van der Waals surface area contributed by atoms with Crippen LogP contribution in [0.5, 0.6) is 0 Å². The number of hydrogen-bond acceptors (Lipinski definition) is 2. The van der Waals surface area contributed by atoms with E-state index in [0.717, 1.165) is 23.1 Å². The van der Waals surface area contributed by atoms with Crippen molar-refractivity contribution in [3.8, 4) is 0 Å². The molecule has 0 aliphatic carbocycles. The minimum absolute atomic E-state index is 0.0114. The summed E-state index contributed by atoms with van der Waals surface area (Å²) in [6.07, 6.45) is 2.45. The molecule has 0 aliphatic heterocycles. The van der Waals surface area contributed by atoms with Crippen molar-refractivity contribution < 1.29 is 9.59 Å². The Morgan fingerprint density at radius 1 is 0.879 bits per heavy atom. The molecular formula is C29H36N2O2. The fourth-order valence-corrected chi connectivity index (χ4v) is 4.23. The summed E-state index contributed by atoms with van der Waals surface area (Å²) in [5.74, 6) is -0.0590. The first kappa shape index (κ1) is 24.5. The van der Waals surface area contributed by atoms with Crippen LogP contribution in [0, 0.1) is 6.92 Å². The number of fused-ring (bicyclic) bond motifs is 1. The largest absolute Gasteiger partial charge is 0.352 e. The van der Waals surface area contributed by atoms with Crippen molar-refractivity contribution >= 4 is 22.6 Å². The highest BCUT2D eigenvalue weighted by Crippen LogP contribution is 2.22. The Balaban J connectivity index is 1.84. The lowest BCUT2D eigenvalue weighted by Gasteiger charge is -2.32. The number of carbonyl (C=O) groups is 2. The molecule has 174 valence electrons. The molecule has 3 aromatic rings. The Hall–Kier alpha value is -3.14. The van der Waals surface area contributed by atoms with E-state index in [1.165, 1.54) is 10.8 Å². The Morgan fingerprint density at radius 3 is 2.27 bits per heavy atom. The van der Waals surface area contributed by atoms with Crippen molar-refractivity contribution in [1.82, 2.24) is 10.2 Å². The van der Waals surface area contributed by atoms with Gasteiger partial charge in [0, 0.05) is 19.0 Å². The minimum Gasteiger partial charge on any atom is -0.352 e. The minimum atomic E-state index is -0.487. The number of nitrogens with zero attached hydrogens (tertiary/aromatic N) is 1. The maximum absolute atomic E-state index is 13.6. The molecule has 0 saturated carbocycles. The average molecular weight is 445 g/mol. The van der Waals surface area contributed by atoms with Crippen LogP contribution >= 0.6 is 0 Å². The number of nitrogens with one attached hydrogen (secondary N) is 1. The second-order valence-corrected chi connectivity index (χ2v) is 8.83. The van der Waals surface area contributed by atoms with E-state index in [-0.39, 0.29) is 17.9 Å². The zero-order chi connectivity index (χ0) is 23.8. The highest BCUT2D eigenvalue weighted by molar-refractivity contribution is 5.89. The van der Waals surface area contributed by atoms with E-state index >= 15 is 0 Å². The molecule has 2 atom stereocenters. The third-order valence-electron chi connectivity index (χ3n) is 6.48. The van der Waals surface area contributed by atoms with Crippen molar-refractivity contribution in [2.45, 2.75) is 72.0 Å². The van der Waals surface area contributed by atoms with Gasteiger partial charge in [-0.25, -0.2) is 0 Å². The molecule has 4 heteroatoms. The molecule has 0 aliphatic rings. The normalized spacial score (nSPS) is 12.8. The highest BCUT2D eigenvalue weighted by atomic mass is 16.2. The average Bonchev–Trinajstić information content (AvgIpc) is 2.83. The monoisotopic (exact) mass is 444 g/mol. The zero-order valence-corrected chi connectivity index (χ0v) is 20.3. The molecule has 1 N–H and O–H groups in total. The van der Waals surface area contributed by atoms with Gasteiger partial charge in [0.2, 0.25) is 11.8 Å². The van der Waals surface area contributed by atoms with E-state index in [1.807, 2.05) is 70.2 Å². The molecule has 0 heterocycles. The van der Waals surface area contributed by atoms with Gasteiger partial charge in [-0.1, -0.05) is 80.6 Å². The lowest BCUT2D eigenvalue weighted by molar-refractivity contribution is -0.141. The number of benzene rings is 3. The lowest BCUT2D eigenvalue weighted by atomic mass is 10.00. The Morgan fingerprint density at radius 2 is 1.55 bits per heavy atom. The molecular weight excluding hydrogens is 408 g/mol. The fourth-order valence-electron chi connectivity index (χ4n) is 4.23. The first-order valence-corrected chi connectivity index (χ1v) is 12.1. The molecule has 2 unspecified atom stereocenters. The van der Waals surface area contributed by atoms with Gasteiger partial charge in [0.15, 0.2) is 0 Å². The van der Waals surface area contributed by atoms with Gasteiger partial charge in [0.05, 0.1) is 0 Å². The van der Waals surface area contributed by atoms with Gasteiger partial charge in [0.25, 0.3) is 0 Å². The fraction of sp³-hybridized carbons (Fsp3) is 0.379. The van der Waals surface area contributed by atoms with Crippen LogP contribution in [0.3, 0.4) is 0 Å². The topological polar surface area (TPSA) is 49.4 Å². The maximum Gasteiger partial charge on any atom is 0.243 e. The molecule has 0 bridgehead atoms. The van der Waals surface area contributed by atoms with E-state index in [0.29, 0.717) is 25.8 Å². The van der Waals surface area contributed by atoms with Gasteiger partial charge >= 0.3 is 0 Å². The molecule has 0 spiro atoms. The SMILES string of the molecule is CCC(C)NC(=O)C(CC)N(Cc1ccccc1C)C(=O)CCc1cccc2ccccc12. The van der Waals surface area contributed by atoms with Gasteiger partial charge in [-0.3, -0.25) is 9.59 Å². The summed E-state index contributed by atoms with van der Waals surface area (Å²) < 4.78 is 0. The first-order valence-electron chi connectivity index (χ1n) is 12.1. The number of aryl methyl sites for hydroxylation is 2. The number of carbonyl (C=O) groups excluding carboxylic acids is 2. The summed E-state index contributed by atoms with van der Waals surface area (Å²) >= 11 is 0. The van der Waals surface area contributed by atoms with Gasteiger partial charge in [-0.05, 0) is 60.6 Å². The van der Waals surface area contributed by atoms with Gasteiger partial charge in [0.1, 0.15) is 6.04 Å². The third kappa shape index (κ3) is 6.22. The van der Waals surface area contributed by atoms with Gasteiger partial charge in [-0.15, -0.1) is 0 Å². The maximum atomic E-state index is 13.6. The molecule has 33 heavy (non-hydrogen) atoms. The van der Waals surface area contributed by atoms with Crippen molar-refractivity contribution in [3.05, 3.63) is 83.4 Å². The number of rotatable bonds is 10. The second-order valence-electron chi connectivity index (χ2n) is 8.83. The van der Waals surface area contributed by atoms with Crippen molar-refractivity contribution in [1.29, 1.82) is 0 Å². The second kappa shape index (κ2) is 11.6. The summed E-state index contributed by atoms with van der Waals surface area (Å²) in [5, 5.41) is 5.44.